The molecule has 0 saturated carbocycles. The highest BCUT2D eigenvalue weighted by Gasteiger charge is 2.31. The molecule has 2 aromatic rings. The second-order valence-corrected chi connectivity index (χ2v) is 10.1. The van der Waals surface area contributed by atoms with Gasteiger partial charge in [-0.3, -0.25) is 9.59 Å². The highest BCUT2D eigenvalue weighted by Crippen LogP contribution is 2.21. The Morgan fingerprint density at radius 1 is 1.24 bits per heavy atom. The lowest BCUT2D eigenvalue weighted by Gasteiger charge is -2.25. The first-order chi connectivity index (χ1) is 18.3. The van der Waals surface area contributed by atoms with Crippen LogP contribution in [-0.4, -0.2) is 78.3 Å². The molecule has 1 aliphatic heterocycles. The van der Waals surface area contributed by atoms with Crippen LogP contribution in [0.4, 0.5) is 0 Å². The second kappa shape index (κ2) is 14.6. The molecule has 2 heterocycles. The van der Waals surface area contributed by atoms with Gasteiger partial charge in [0.2, 0.25) is 0 Å². The Hall–Kier alpha value is -3.25. The molecule has 3 rings (SSSR count). The molecule has 0 spiro atoms. The Morgan fingerprint density at radius 2 is 2.00 bits per heavy atom. The van der Waals surface area contributed by atoms with Gasteiger partial charge in [-0.15, -0.1) is 0 Å². The van der Waals surface area contributed by atoms with E-state index in [-0.39, 0.29) is 36.0 Å². The van der Waals surface area contributed by atoms with Crippen molar-refractivity contribution < 1.29 is 19.4 Å². The third kappa shape index (κ3) is 8.66. The molecule has 8 nitrogen and oxygen atoms in total. The van der Waals surface area contributed by atoms with E-state index in [0.29, 0.717) is 37.4 Å². The summed E-state index contributed by atoms with van der Waals surface area (Å²) in [4.78, 5) is 32.8. The number of aromatic nitrogens is 1. The largest absolute Gasteiger partial charge is 0.390 e. The minimum atomic E-state index is -0.844. The molecule has 1 saturated heterocycles. The number of aliphatic hydroxyl groups is 1. The third-order valence-corrected chi connectivity index (χ3v) is 6.47. The zero-order valence-corrected chi connectivity index (χ0v) is 22.9. The fourth-order valence-corrected chi connectivity index (χ4v) is 4.61. The van der Waals surface area contributed by atoms with Gasteiger partial charge in [0.1, 0.15) is 5.69 Å². The number of methoxy groups -OCH3 is 1. The van der Waals surface area contributed by atoms with Gasteiger partial charge in [0, 0.05) is 37.4 Å². The number of nitrogens with zero attached hydrogens (tertiary/aromatic N) is 2. The van der Waals surface area contributed by atoms with Crippen molar-refractivity contribution in [2.24, 2.45) is 5.92 Å². The Bertz CT molecular complexity index is 1130. The number of likely N-dealkylation sites (tertiary alicyclic amines) is 1. The molecule has 1 aromatic carbocycles. The molecule has 0 aliphatic carbocycles. The third-order valence-electron chi connectivity index (χ3n) is 6.47. The number of carbonyl (C=O) groups excluding carboxylic acids is 2. The van der Waals surface area contributed by atoms with Crippen LogP contribution in [0.3, 0.4) is 0 Å². The van der Waals surface area contributed by atoms with E-state index < -0.39 is 12.1 Å². The van der Waals surface area contributed by atoms with E-state index in [0.717, 1.165) is 18.4 Å². The van der Waals surface area contributed by atoms with Gasteiger partial charge in [0.15, 0.2) is 0 Å². The lowest BCUT2D eigenvalue weighted by molar-refractivity contribution is 0.0625. The average Bonchev–Trinajstić information content (AvgIpc) is 3.36. The molecule has 204 valence electrons. The quantitative estimate of drug-likeness (QED) is 0.311. The minimum Gasteiger partial charge on any atom is -0.390 e. The Balaban J connectivity index is 1.75. The van der Waals surface area contributed by atoms with Crippen LogP contribution in [0.5, 0.6) is 0 Å². The van der Waals surface area contributed by atoms with Crippen molar-refractivity contribution in [1.29, 1.82) is 0 Å². The molecule has 1 aromatic heterocycles. The number of hydrogen-bond donors (Lipinski definition) is 3. The number of rotatable bonds is 11. The summed E-state index contributed by atoms with van der Waals surface area (Å²) >= 11 is 0. The summed E-state index contributed by atoms with van der Waals surface area (Å²) in [6.07, 6.45) is 1.41. The van der Waals surface area contributed by atoms with Crippen LogP contribution in [0, 0.1) is 24.7 Å². The smallest absolute Gasteiger partial charge is 0.272 e. The van der Waals surface area contributed by atoms with Gasteiger partial charge >= 0.3 is 0 Å². The summed E-state index contributed by atoms with van der Waals surface area (Å²) in [7, 11) is 1.63. The van der Waals surface area contributed by atoms with E-state index >= 15 is 0 Å². The molecule has 3 atom stereocenters. The van der Waals surface area contributed by atoms with Crippen LogP contribution >= 0.6 is 0 Å². The Labute approximate surface area is 226 Å². The van der Waals surface area contributed by atoms with Gasteiger partial charge in [-0.2, -0.15) is 0 Å². The molecule has 0 unspecified atom stereocenters. The van der Waals surface area contributed by atoms with E-state index in [4.69, 9.17) is 4.74 Å². The fraction of sp³-hybridized carbons (Fsp3) is 0.500. The molecule has 2 amide bonds. The first-order valence-corrected chi connectivity index (χ1v) is 13.3. The molecule has 8 heteroatoms. The SMILES string of the molecule is COC[C@H]1CCCN1C(=O)c1cc(C(=O)N[C@@H](Cc2ccccc2)[C@H](O)CNCC#CC(C)C)cc(C)n1. The van der Waals surface area contributed by atoms with Gasteiger partial charge < -0.3 is 25.4 Å². The summed E-state index contributed by atoms with van der Waals surface area (Å²) in [5, 5.41) is 17.1. The Morgan fingerprint density at radius 3 is 2.71 bits per heavy atom. The highest BCUT2D eigenvalue weighted by molar-refractivity contribution is 5.99. The van der Waals surface area contributed by atoms with Crippen molar-refractivity contribution in [2.75, 3.05) is 33.4 Å². The molecule has 0 radical (unpaired) electrons. The monoisotopic (exact) mass is 520 g/mol. The Kier molecular flexibility index (Phi) is 11.3. The topological polar surface area (TPSA) is 104 Å². The van der Waals surface area contributed by atoms with E-state index in [1.807, 2.05) is 44.2 Å². The zero-order valence-electron chi connectivity index (χ0n) is 22.9. The van der Waals surface area contributed by atoms with Gasteiger partial charge in [0.05, 0.1) is 31.3 Å². The normalized spacial score (nSPS) is 16.6. The molecule has 38 heavy (non-hydrogen) atoms. The van der Waals surface area contributed by atoms with Crippen LogP contribution in [0.1, 0.15) is 58.8 Å². The number of ether oxygens (including phenoxy) is 1. The average molecular weight is 521 g/mol. The van der Waals surface area contributed by atoms with Crippen LogP contribution in [0.25, 0.3) is 0 Å². The highest BCUT2D eigenvalue weighted by atomic mass is 16.5. The van der Waals surface area contributed by atoms with E-state index in [9.17, 15) is 14.7 Å². The molecule has 1 aliphatic rings. The van der Waals surface area contributed by atoms with Crippen molar-refractivity contribution in [1.82, 2.24) is 20.5 Å². The number of nitrogens with one attached hydrogen (secondary N) is 2. The standard InChI is InChI=1S/C30H40N4O4/c1-21(2)10-8-14-31-19-28(35)26(17-23-11-6-5-7-12-23)33-29(36)24-16-22(3)32-27(18-24)30(37)34-15-9-13-25(34)20-38-4/h5-7,11-12,16,18,21,25-26,28,31,35H,9,13-15,17,19-20H2,1-4H3,(H,33,36)/t25-,26+,28-/m1/s1. The van der Waals surface area contributed by atoms with Gasteiger partial charge in [-0.25, -0.2) is 4.98 Å². The van der Waals surface area contributed by atoms with Crippen LogP contribution in [0.2, 0.25) is 0 Å². The van der Waals surface area contributed by atoms with Crippen LogP contribution in [0.15, 0.2) is 42.5 Å². The first-order valence-electron chi connectivity index (χ1n) is 13.3. The second-order valence-electron chi connectivity index (χ2n) is 10.1. The van der Waals surface area contributed by atoms with Crippen molar-refractivity contribution in [3.05, 3.63) is 65.0 Å². The maximum atomic E-state index is 13.4. The summed E-state index contributed by atoms with van der Waals surface area (Å²) in [5.74, 6) is 5.85. The van der Waals surface area contributed by atoms with Gasteiger partial charge in [0.25, 0.3) is 11.8 Å². The lowest BCUT2D eigenvalue weighted by Crippen LogP contribution is -2.49. The lowest BCUT2D eigenvalue weighted by atomic mass is 10.0. The summed E-state index contributed by atoms with van der Waals surface area (Å²) in [6.45, 7) is 7.66. The van der Waals surface area contributed by atoms with E-state index in [1.165, 1.54) is 0 Å². The van der Waals surface area contributed by atoms with Crippen LogP contribution < -0.4 is 10.6 Å². The van der Waals surface area contributed by atoms with Gasteiger partial charge in [-0.1, -0.05) is 56.0 Å². The van der Waals surface area contributed by atoms with E-state index in [2.05, 4.69) is 27.5 Å². The number of pyridine rings is 1. The molecule has 3 N–H and O–H groups in total. The number of aryl methyl sites for hydroxylation is 1. The molecular formula is C30H40N4O4. The molecular weight excluding hydrogens is 480 g/mol. The maximum absolute atomic E-state index is 13.4. The van der Waals surface area contributed by atoms with Crippen molar-refractivity contribution in [2.45, 2.75) is 58.2 Å². The maximum Gasteiger partial charge on any atom is 0.272 e. The number of hydrogen-bond acceptors (Lipinski definition) is 6. The van der Waals surface area contributed by atoms with Crippen molar-refractivity contribution in [3.8, 4) is 11.8 Å². The number of benzene rings is 1. The molecule has 1 fully saturated rings. The van der Waals surface area contributed by atoms with E-state index in [1.54, 1.807) is 31.1 Å². The summed E-state index contributed by atoms with van der Waals surface area (Å²) in [5.41, 5.74) is 2.15. The fourth-order valence-electron chi connectivity index (χ4n) is 4.61. The summed E-state index contributed by atoms with van der Waals surface area (Å²) < 4.78 is 5.28. The number of amides is 2. The number of carbonyl (C=O) groups is 2. The zero-order chi connectivity index (χ0) is 27.5. The number of aliphatic hydroxyl groups excluding tert-OH is 1. The van der Waals surface area contributed by atoms with Gasteiger partial charge in [-0.05, 0) is 43.9 Å². The van der Waals surface area contributed by atoms with Crippen molar-refractivity contribution >= 4 is 11.8 Å². The first kappa shape index (κ1) is 29.3. The molecule has 0 bridgehead atoms. The summed E-state index contributed by atoms with van der Waals surface area (Å²) in [6, 6.07) is 12.4. The van der Waals surface area contributed by atoms with Crippen LogP contribution in [-0.2, 0) is 11.2 Å². The predicted octanol–water partition coefficient (Wildman–Crippen LogP) is 2.59. The van der Waals surface area contributed by atoms with Crippen molar-refractivity contribution in [3.63, 3.8) is 0 Å². The predicted molar refractivity (Wildman–Crippen MR) is 148 cm³/mol. The minimum absolute atomic E-state index is 0.00946.